The SMILES string of the molecule is COc1ccc(CN2C[C@@H](Cc3cc(C)[nH]n3)[C@H](O)C2)c2c(OC)cccc12. The Balaban J connectivity index is 1.57. The molecule has 2 heterocycles. The number of nitrogens with zero attached hydrogens (tertiary/aromatic N) is 2. The van der Waals surface area contributed by atoms with E-state index in [1.807, 2.05) is 25.1 Å². The van der Waals surface area contributed by atoms with Crippen LogP contribution in [0.25, 0.3) is 10.8 Å². The number of aromatic amines is 1. The van der Waals surface area contributed by atoms with Crippen molar-refractivity contribution in [2.75, 3.05) is 27.3 Å². The maximum atomic E-state index is 10.6. The Morgan fingerprint density at radius 1 is 1.14 bits per heavy atom. The molecule has 1 aliphatic rings. The molecule has 2 atom stereocenters. The zero-order valence-corrected chi connectivity index (χ0v) is 16.6. The molecule has 2 N–H and O–H groups in total. The molecule has 0 saturated carbocycles. The maximum Gasteiger partial charge on any atom is 0.127 e. The molecule has 0 radical (unpaired) electrons. The van der Waals surface area contributed by atoms with Crippen LogP contribution in [0.5, 0.6) is 11.5 Å². The normalized spacial score (nSPS) is 20.0. The van der Waals surface area contributed by atoms with E-state index in [1.54, 1.807) is 14.2 Å². The lowest BCUT2D eigenvalue weighted by Crippen LogP contribution is -2.21. The number of hydrogen-bond acceptors (Lipinski definition) is 5. The van der Waals surface area contributed by atoms with E-state index in [4.69, 9.17) is 9.47 Å². The van der Waals surface area contributed by atoms with E-state index < -0.39 is 0 Å². The molecule has 6 heteroatoms. The monoisotopic (exact) mass is 381 g/mol. The van der Waals surface area contributed by atoms with Crippen LogP contribution < -0.4 is 9.47 Å². The number of β-amino-alcohol motifs (C(OH)–C–C–N with tert-alkyl or cyclic N) is 1. The molecule has 4 rings (SSSR count). The fourth-order valence-corrected chi connectivity index (χ4v) is 4.26. The summed E-state index contributed by atoms with van der Waals surface area (Å²) in [5.74, 6) is 1.87. The molecular weight excluding hydrogens is 354 g/mol. The Hall–Kier alpha value is -2.57. The maximum absolute atomic E-state index is 10.6. The van der Waals surface area contributed by atoms with Gasteiger partial charge in [0.15, 0.2) is 0 Å². The number of aromatic nitrogens is 2. The van der Waals surface area contributed by atoms with E-state index in [2.05, 4.69) is 33.3 Å². The second-order valence-corrected chi connectivity index (χ2v) is 7.58. The molecule has 0 aliphatic carbocycles. The van der Waals surface area contributed by atoms with Crippen LogP contribution in [0.4, 0.5) is 0 Å². The number of aryl methyl sites for hydroxylation is 1. The Morgan fingerprint density at radius 2 is 1.96 bits per heavy atom. The lowest BCUT2D eigenvalue weighted by Gasteiger charge is -2.19. The number of methoxy groups -OCH3 is 2. The molecule has 0 unspecified atom stereocenters. The fourth-order valence-electron chi connectivity index (χ4n) is 4.26. The van der Waals surface area contributed by atoms with Crippen LogP contribution in [-0.4, -0.2) is 53.6 Å². The summed E-state index contributed by atoms with van der Waals surface area (Å²) in [6, 6.07) is 12.2. The Bertz CT molecular complexity index is 969. The number of aliphatic hydroxyl groups excluding tert-OH is 1. The van der Waals surface area contributed by atoms with Crippen molar-refractivity contribution in [3.8, 4) is 11.5 Å². The molecule has 1 aromatic heterocycles. The van der Waals surface area contributed by atoms with E-state index >= 15 is 0 Å². The van der Waals surface area contributed by atoms with Crippen molar-refractivity contribution in [1.82, 2.24) is 15.1 Å². The summed E-state index contributed by atoms with van der Waals surface area (Å²) >= 11 is 0. The summed E-state index contributed by atoms with van der Waals surface area (Å²) in [5.41, 5.74) is 3.24. The molecule has 0 bridgehead atoms. The van der Waals surface area contributed by atoms with E-state index in [-0.39, 0.29) is 12.0 Å². The highest BCUT2D eigenvalue weighted by Crippen LogP contribution is 2.36. The van der Waals surface area contributed by atoms with Gasteiger partial charge in [-0.3, -0.25) is 10.00 Å². The second-order valence-electron chi connectivity index (χ2n) is 7.58. The summed E-state index contributed by atoms with van der Waals surface area (Å²) in [5, 5.41) is 20.0. The van der Waals surface area contributed by atoms with Gasteiger partial charge in [-0.15, -0.1) is 0 Å². The lowest BCUT2D eigenvalue weighted by molar-refractivity contribution is 0.140. The standard InChI is InChI=1S/C22H27N3O3/c1-14-9-17(24-23-14)10-16-12-25(13-19(16)26)11-15-7-8-20(27-2)18-5-4-6-21(28-3)22(15)18/h4-9,16,19,26H,10-13H2,1-3H3,(H,23,24)/t16-,19-/m1/s1. The van der Waals surface area contributed by atoms with Gasteiger partial charge >= 0.3 is 0 Å². The van der Waals surface area contributed by atoms with Gasteiger partial charge in [-0.2, -0.15) is 5.10 Å². The molecule has 148 valence electrons. The molecule has 1 saturated heterocycles. The van der Waals surface area contributed by atoms with Crippen molar-refractivity contribution in [3.63, 3.8) is 0 Å². The zero-order valence-electron chi connectivity index (χ0n) is 16.6. The number of benzene rings is 2. The Labute approximate surface area is 165 Å². The molecule has 1 fully saturated rings. The number of aliphatic hydroxyl groups is 1. The van der Waals surface area contributed by atoms with Gasteiger partial charge in [0.25, 0.3) is 0 Å². The van der Waals surface area contributed by atoms with Crippen molar-refractivity contribution in [2.45, 2.75) is 26.0 Å². The summed E-state index contributed by atoms with van der Waals surface area (Å²) in [4.78, 5) is 2.31. The molecule has 28 heavy (non-hydrogen) atoms. The number of H-pyrrole nitrogens is 1. The van der Waals surface area contributed by atoms with Crippen LogP contribution in [0.2, 0.25) is 0 Å². The first kappa shape index (κ1) is 18.8. The van der Waals surface area contributed by atoms with Crippen molar-refractivity contribution >= 4 is 10.8 Å². The third-order valence-electron chi connectivity index (χ3n) is 5.59. The lowest BCUT2D eigenvalue weighted by atomic mass is 10.00. The second kappa shape index (κ2) is 7.81. The molecule has 2 aromatic carbocycles. The first-order valence-corrected chi connectivity index (χ1v) is 9.63. The number of likely N-dealkylation sites (tertiary alicyclic amines) is 1. The van der Waals surface area contributed by atoms with E-state index in [1.165, 1.54) is 5.56 Å². The van der Waals surface area contributed by atoms with E-state index in [0.717, 1.165) is 53.2 Å². The average molecular weight is 381 g/mol. The minimum Gasteiger partial charge on any atom is -0.496 e. The van der Waals surface area contributed by atoms with E-state index in [9.17, 15) is 5.11 Å². The number of fused-ring (bicyclic) bond motifs is 1. The first-order valence-electron chi connectivity index (χ1n) is 9.63. The molecular formula is C22H27N3O3. The first-order chi connectivity index (χ1) is 13.6. The van der Waals surface area contributed by atoms with Crippen molar-refractivity contribution in [3.05, 3.63) is 53.3 Å². The van der Waals surface area contributed by atoms with Crippen LogP contribution in [-0.2, 0) is 13.0 Å². The highest BCUT2D eigenvalue weighted by Gasteiger charge is 2.32. The number of ether oxygens (including phenoxy) is 2. The average Bonchev–Trinajstić information content (AvgIpc) is 3.26. The van der Waals surface area contributed by atoms with Gasteiger partial charge in [-0.25, -0.2) is 0 Å². The quantitative estimate of drug-likeness (QED) is 0.687. The van der Waals surface area contributed by atoms with Crippen molar-refractivity contribution in [1.29, 1.82) is 0 Å². The van der Waals surface area contributed by atoms with Crippen LogP contribution in [0.3, 0.4) is 0 Å². The van der Waals surface area contributed by atoms with Gasteiger partial charge in [0, 0.05) is 42.0 Å². The topological polar surface area (TPSA) is 70.6 Å². The minimum atomic E-state index is -0.344. The van der Waals surface area contributed by atoms with Gasteiger partial charge in [0.05, 0.1) is 26.0 Å². The number of hydrogen-bond donors (Lipinski definition) is 2. The highest BCUT2D eigenvalue weighted by molar-refractivity contribution is 5.95. The van der Waals surface area contributed by atoms with Crippen LogP contribution >= 0.6 is 0 Å². The predicted octanol–water partition coefficient (Wildman–Crippen LogP) is 2.92. The van der Waals surface area contributed by atoms with Gasteiger partial charge < -0.3 is 14.6 Å². The Kier molecular flexibility index (Phi) is 5.24. The number of rotatable bonds is 6. The predicted molar refractivity (Wildman–Crippen MR) is 109 cm³/mol. The van der Waals surface area contributed by atoms with Gasteiger partial charge in [0.2, 0.25) is 0 Å². The fraction of sp³-hybridized carbons (Fsp3) is 0.409. The highest BCUT2D eigenvalue weighted by atomic mass is 16.5. The molecule has 0 spiro atoms. The summed E-state index contributed by atoms with van der Waals surface area (Å²) in [6.07, 6.45) is 0.442. The van der Waals surface area contributed by atoms with Gasteiger partial charge in [-0.05, 0) is 37.1 Å². The molecule has 0 amide bonds. The van der Waals surface area contributed by atoms with Crippen LogP contribution in [0, 0.1) is 12.8 Å². The van der Waals surface area contributed by atoms with Crippen LogP contribution in [0.1, 0.15) is 17.0 Å². The molecule has 1 aliphatic heterocycles. The van der Waals surface area contributed by atoms with E-state index in [0.29, 0.717) is 6.54 Å². The molecule has 3 aromatic rings. The minimum absolute atomic E-state index is 0.189. The Morgan fingerprint density at radius 3 is 2.68 bits per heavy atom. The third-order valence-corrected chi connectivity index (χ3v) is 5.59. The summed E-state index contributed by atoms with van der Waals surface area (Å²) < 4.78 is 11.2. The summed E-state index contributed by atoms with van der Waals surface area (Å²) in [6.45, 7) is 4.26. The van der Waals surface area contributed by atoms with Crippen molar-refractivity contribution in [2.24, 2.45) is 5.92 Å². The smallest absolute Gasteiger partial charge is 0.127 e. The summed E-state index contributed by atoms with van der Waals surface area (Å²) in [7, 11) is 3.38. The largest absolute Gasteiger partial charge is 0.496 e. The van der Waals surface area contributed by atoms with Crippen molar-refractivity contribution < 1.29 is 14.6 Å². The van der Waals surface area contributed by atoms with Crippen LogP contribution in [0.15, 0.2) is 36.4 Å². The number of nitrogens with one attached hydrogen (secondary N) is 1. The third kappa shape index (κ3) is 3.57. The van der Waals surface area contributed by atoms with Gasteiger partial charge in [0.1, 0.15) is 11.5 Å². The van der Waals surface area contributed by atoms with Gasteiger partial charge in [-0.1, -0.05) is 18.2 Å². The molecule has 6 nitrogen and oxygen atoms in total. The zero-order chi connectivity index (χ0) is 19.7.